The van der Waals surface area contributed by atoms with Crippen molar-refractivity contribution in [1.82, 2.24) is 19.6 Å². The Morgan fingerprint density at radius 2 is 2.04 bits per heavy atom. The fourth-order valence-electron chi connectivity index (χ4n) is 3.74. The van der Waals surface area contributed by atoms with Crippen LogP contribution in [-0.2, 0) is 12.6 Å². The minimum atomic E-state index is -4.62. The summed E-state index contributed by atoms with van der Waals surface area (Å²) in [6.45, 7) is 6.63. The van der Waals surface area contributed by atoms with Crippen molar-refractivity contribution in [3.05, 3.63) is 41.2 Å². The van der Waals surface area contributed by atoms with E-state index in [4.69, 9.17) is 4.42 Å². The van der Waals surface area contributed by atoms with Gasteiger partial charge in [-0.1, -0.05) is 13.8 Å². The molecule has 3 aromatic rings. The van der Waals surface area contributed by atoms with Gasteiger partial charge in [0.15, 0.2) is 0 Å². The third kappa shape index (κ3) is 3.33. The van der Waals surface area contributed by atoms with Gasteiger partial charge in [-0.05, 0) is 37.8 Å². The van der Waals surface area contributed by atoms with E-state index in [-0.39, 0.29) is 11.8 Å². The predicted molar refractivity (Wildman–Crippen MR) is 97.1 cm³/mol. The lowest BCUT2D eigenvalue weighted by atomic mass is 9.91. The highest BCUT2D eigenvalue weighted by Crippen LogP contribution is 2.38. The monoisotopic (exact) mass is 393 g/mol. The standard InChI is InChI=1S/C19H22F3N5O/c1-4-13-5-6-15(28-13)14-9-11(2)7-8-26(14)16-10-12(3)23-18-24-17(19(20,21)22)25-27(16)18/h5-6,10-11,14H,4,7-9H2,1-3H3/t11-,14+/m0/s1. The molecule has 9 heteroatoms. The van der Waals surface area contributed by atoms with Gasteiger partial charge in [-0.15, -0.1) is 5.10 Å². The number of nitrogens with zero attached hydrogens (tertiary/aromatic N) is 5. The number of halogens is 3. The van der Waals surface area contributed by atoms with Gasteiger partial charge in [0.05, 0.1) is 6.04 Å². The molecule has 1 fully saturated rings. The molecular weight excluding hydrogens is 371 g/mol. The molecule has 1 saturated heterocycles. The topological polar surface area (TPSA) is 59.5 Å². The SMILES string of the molecule is CCc1ccc([C@H]2C[C@@H](C)CCN2c2cc(C)nc3nc(C(F)(F)F)nn23)o1. The van der Waals surface area contributed by atoms with E-state index >= 15 is 0 Å². The van der Waals surface area contributed by atoms with Crippen LogP contribution < -0.4 is 4.90 Å². The minimum absolute atomic E-state index is 0.0478. The molecule has 150 valence electrons. The van der Waals surface area contributed by atoms with E-state index in [9.17, 15) is 13.2 Å². The van der Waals surface area contributed by atoms with Gasteiger partial charge in [0, 0.05) is 24.7 Å². The second kappa shape index (κ2) is 6.79. The molecule has 1 aliphatic rings. The van der Waals surface area contributed by atoms with Crippen molar-refractivity contribution in [2.75, 3.05) is 11.4 Å². The first kappa shape index (κ1) is 18.8. The fourth-order valence-corrected chi connectivity index (χ4v) is 3.74. The third-order valence-corrected chi connectivity index (χ3v) is 5.19. The predicted octanol–water partition coefficient (Wildman–Crippen LogP) is 4.58. The van der Waals surface area contributed by atoms with E-state index in [1.165, 1.54) is 4.52 Å². The zero-order valence-electron chi connectivity index (χ0n) is 16.0. The van der Waals surface area contributed by atoms with Crippen molar-refractivity contribution >= 4 is 11.6 Å². The summed E-state index contributed by atoms with van der Waals surface area (Å²) in [7, 11) is 0. The van der Waals surface area contributed by atoms with Crippen molar-refractivity contribution in [2.24, 2.45) is 5.92 Å². The van der Waals surface area contributed by atoms with E-state index in [1.807, 2.05) is 19.1 Å². The van der Waals surface area contributed by atoms with Gasteiger partial charge < -0.3 is 9.32 Å². The normalized spacial score (nSPS) is 20.9. The maximum Gasteiger partial charge on any atom is 0.453 e. The highest BCUT2D eigenvalue weighted by molar-refractivity contribution is 5.50. The second-order valence-corrected chi connectivity index (χ2v) is 7.40. The van der Waals surface area contributed by atoms with Gasteiger partial charge in [0.2, 0.25) is 0 Å². The van der Waals surface area contributed by atoms with Gasteiger partial charge in [0.25, 0.3) is 11.6 Å². The number of anilines is 1. The van der Waals surface area contributed by atoms with E-state index in [2.05, 4.69) is 26.9 Å². The minimum Gasteiger partial charge on any atom is -0.464 e. The van der Waals surface area contributed by atoms with E-state index in [0.717, 1.165) is 30.8 Å². The number of furan rings is 1. The van der Waals surface area contributed by atoms with Crippen LogP contribution in [0, 0.1) is 12.8 Å². The molecule has 0 unspecified atom stereocenters. The molecule has 0 saturated carbocycles. The molecule has 28 heavy (non-hydrogen) atoms. The number of alkyl halides is 3. The number of aryl methyl sites for hydroxylation is 2. The highest BCUT2D eigenvalue weighted by Gasteiger charge is 2.38. The number of rotatable bonds is 3. The van der Waals surface area contributed by atoms with Crippen LogP contribution in [0.25, 0.3) is 5.78 Å². The molecule has 0 aliphatic carbocycles. The average Bonchev–Trinajstić information content (AvgIpc) is 3.27. The van der Waals surface area contributed by atoms with Crippen molar-refractivity contribution in [3.8, 4) is 0 Å². The van der Waals surface area contributed by atoms with Gasteiger partial charge in [-0.3, -0.25) is 0 Å². The summed E-state index contributed by atoms with van der Waals surface area (Å²) in [4.78, 5) is 9.80. The summed E-state index contributed by atoms with van der Waals surface area (Å²) >= 11 is 0. The molecule has 4 heterocycles. The molecule has 0 aromatic carbocycles. The zero-order valence-corrected chi connectivity index (χ0v) is 16.0. The Labute approximate surface area is 160 Å². The molecule has 3 aromatic heterocycles. The van der Waals surface area contributed by atoms with Crippen LogP contribution in [0.2, 0.25) is 0 Å². The number of fused-ring (bicyclic) bond motifs is 1. The summed E-state index contributed by atoms with van der Waals surface area (Å²) < 4.78 is 46.6. The highest BCUT2D eigenvalue weighted by atomic mass is 19.4. The lowest BCUT2D eigenvalue weighted by Crippen LogP contribution is -2.37. The van der Waals surface area contributed by atoms with Crippen LogP contribution in [0.5, 0.6) is 0 Å². The molecule has 2 atom stereocenters. The zero-order chi connectivity index (χ0) is 20.1. The maximum absolute atomic E-state index is 13.1. The Balaban J connectivity index is 1.82. The Morgan fingerprint density at radius 3 is 2.71 bits per heavy atom. The number of aromatic nitrogens is 4. The summed E-state index contributed by atoms with van der Waals surface area (Å²) in [5.74, 6) is 1.52. The van der Waals surface area contributed by atoms with Crippen LogP contribution in [0.15, 0.2) is 22.6 Å². The average molecular weight is 393 g/mol. The first-order chi connectivity index (χ1) is 13.3. The van der Waals surface area contributed by atoms with Crippen molar-refractivity contribution in [3.63, 3.8) is 0 Å². The third-order valence-electron chi connectivity index (χ3n) is 5.19. The Morgan fingerprint density at radius 1 is 1.25 bits per heavy atom. The molecule has 4 rings (SSSR count). The first-order valence-corrected chi connectivity index (χ1v) is 9.43. The van der Waals surface area contributed by atoms with Gasteiger partial charge >= 0.3 is 6.18 Å². The Bertz CT molecular complexity index is 993. The van der Waals surface area contributed by atoms with Crippen LogP contribution in [0.1, 0.15) is 55.8 Å². The lowest BCUT2D eigenvalue weighted by molar-refractivity contribution is -0.144. The molecule has 1 aliphatic heterocycles. The molecule has 0 bridgehead atoms. The molecule has 6 nitrogen and oxygen atoms in total. The van der Waals surface area contributed by atoms with Crippen LogP contribution in [-0.4, -0.2) is 26.1 Å². The number of piperidine rings is 1. The molecular formula is C19H22F3N5O. The fraction of sp³-hybridized carbons (Fsp3) is 0.526. The largest absolute Gasteiger partial charge is 0.464 e. The summed E-state index contributed by atoms with van der Waals surface area (Å²) in [6.07, 6.45) is -2.05. The summed E-state index contributed by atoms with van der Waals surface area (Å²) in [5.41, 5.74) is 0.592. The molecule has 0 amide bonds. The summed E-state index contributed by atoms with van der Waals surface area (Å²) in [6, 6.07) is 5.60. The van der Waals surface area contributed by atoms with Crippen molar-refractivity contribution < 1.29 is 17.6 Å². The van der Waals surface area contributed by atoms with E-state index in [1.54, 1.807) is 13.0 Å². The first-order valence-electron chi connectivity index (χ1n) is 9.43. The van der Waals surface area contributed by atoms with Crippen molar-refractivity contribution in [2.45, 2.75) is 52.3 Å². The Kier molecular flexibility index (Phi) is 4.55. The number of hydrogen-bond acceptors (Lipinski definition) is 5. The van der Waals surface area contributed by atoms with Crippen LogP contribution in [0.4, 0.5) is 19.0 Å². The van der Waals surface area contributed by atoms with Gasteiger partial charge in [-0.25, -0.2) is 4.98 Å². The van der Waals surface area contributed by atoms with Crippen molar-refractivity contribution in [1.29, 1.82) is 0 Å². The number of hydrogen-bond donors (Lipinski definition) is 0. The van der Waals surface area contributed by atoms with E-state index < -0.39 is 12.0 Å². The van der Waals surface area contributed by atoms with E-state index in [0.29, 0.717) is 24.0 Å². The summed E-state index contributed by atoms with van der Waals surface area (Å²) in [5, 5.41) is 3.71. The molecule has 0 N–H and O–H groups in total. The van der Waals surface area contributed by atoms with Crippen LogP contribution >= 0.6 is 0 Å². The van der Waals surface area contributed by atoms with Crippen LogP contribution in [0.3, 0.4) is 0 Å². The molecule has 0 spiro atoms. The lowest BCUT2D eigenvalue weighted by Gasteiger charge is -2.38. The second-order valence-electron chi connectivity index (χ2n) is 7.40. The quantitative estimate of drug-likeness (QED) is 0.652. The smallest absolute Gasteiger partial charge is 0.453 e. The Hall–Kier alpha value is -2.58. The maximum atomic E-state index is 13.1. The molecule has 0 radical (unpaired) electrons. The van der Waals surface area contributed by atoms with Gasteiger partial charge in [-0.2, -0.15) is 22.7 Å². The van der Waals surface area contributed by atoms with Gasteiger partial charge in [0.1, 0.15) is 17.3 Å².